The van der Waals surface area contributed by atoms with E-state index in [0.29, 0.717) is 22.9 Å². The van der Waals surface area contributed by atoms with Crippen LogP contribution in [0.25, 0.3) is 0 Å². The standard InChI is InChI=1S/C33H42BrN3O7/c1-19(2)15-22(18-38)37-29-31(41)36(20(3)4)14-10-6-9-13-25(39)35-17-24(21-11-7-5-8-12-21)43-32(42)26-27(30(37)40)33(29)16-23(34)28(26)44-33/h5-8,10-12,16,19-20,22,24,26-29,38H,9,13-15,17-18H2,1-4H3,(H,35,39)/b10-6-/t22-,24+,26+,27-,28+,29+,33-/m1/s1. The molecule has 10 nitrogen and oxygen atoms in total. The fraction of sp³-hybridized carbons (Fsp3) is 0.576. The smallest absolute Gasteiger partial charge is 0.313 e. The Morgan fingerprint density at radius 3 is 2.45 bits per heavy atom. The van der Waals surface area contributed by atoms with E-state index in [9.17, 15) is 24.3 Å². The average Bonchev–Trinajstić information content (AvgIpc) is 3.58. The summed E-state index contributed by atoms with van der Waals surface area (Å²) in [4.78, 5) is 59.1. The number of ether oxygens (including phenoxy) is 2. The van der Waals surface area contributed by atoms with E-state index in [2.05, 4.69) is 21.2 Å². The quantitative estimate of drug-likeness (QED) is 0.351. The molecule has 0 aromatic heterocycles. The number of nitrogens with zero attached hydrogens (tertiary/aromatic N) is 2. The van der Waals surface area contributed by atoms with Crippen LogP contribution >= 0.6 is 15.9 Å². The highest BCUT2D eigenvalue weighted by Gasteiger charge is 2.75. The van der Waals surface area contributed by atoms with E-state index in [-0.39, 0.29) is 49.9 Å². The summed E-state index contributed by atoms with van der Waals surface area (Å²) in [5.74, 6) is -3.50. The third kappa shape index (κ3) is 5.86. The predicted octanol–water partition coefficient (Wildman–Crippen LogP) is 3.25. The number of hydrogen-bond acceptors (Lipinski definition) is 7. The molecule has 1 spiro atoms. The summed E-state index contributed by atoms with van der Waals surface area (Å²) in [6.07, 6.45) is 5.05. The molecule has 0 unspecified atom stereocenters. The first-order chi connectivity index (χ1) is 21.0. The third-order valence-electron chi connectivity index (χ3n) is 9.05. The molecule has 11 heteroatoms. The van der Waals surface area contributed by atoms with Crippen LogP contribution in [-0.4, -0.2) is 88.1 Å². The SMILES string of the molecule is CC(C)C[C@H](CO)N1C(=O)[C@H]2[C@@H]3C(=O)O[C@H](c4ccccc4)CNC(=O)CC/C=C\CN(C(C)C)C(=O)[C@H]1[C@@]21C=C(Br)[C@@H]3O1. The Morgan fingerprint density at radius 2 is 1.80 bits per heavy atom. The predicted molar refractivity (Wildman–Crippen MR) is 166 cm³/mol. The highest BCUT2D eigenvalue weighted by molar-refractivity contribution is 9.11. The summed E-state index contributed by atoms with van der Waals surface area (Å²) in [7, 11) is 0. The lowest BCUT2D eigenvalue weighted by Crippen LogP contribution is -2.59. The van der Waals surface area contributed by atoms with Crippen LogP contribution in [0.4, 0.5) is 0 Å². The maximum absolute atomic E-state index is 14.6. The number of aliphatic hydroxyl groups is 1. The summed E-state index contributed by atoms with van der Waals surface area (Å²) < 4.78 is 13.2. The molecule has 4 heterocycles. The lowest BCUT2D eigenvalue weighted by atomic mass is 9.74. The fourth-order valence-electron chi connectivity index (χ4n) is 7.06. The number of esters is 1. The van der Waals surface area contributed by atoms with Gasteiger partial charge in [0, 0.05) is 23.5 Å². The number of amides is 3. The molecule has 4 aliphatic rings. The van der Waals surface area contributed by atoms with Gasteiger partial charge in [0.15, 0.2) is 0 Å². The van der Waals surface area contributed by atoms with Gasteiger partial charge in [-0.05, 0) is 44.2 Å². The monoisotopic (exact) mass is 671 g/mol. The molecule has 7 atom stereocenters. The van der Waals surface area contributed by atoms with Crippen molar-refractivity contribution in [2.24, 2.45) is 17.8 Å². The molecule has 1 aromatic carbocycles. The Labute approximate surface area is 266 Å². The van der Waals surface area contributed by atoms with E-state index >= 15 is 0 Å². The maximum atomic E-state index is 14.6. The topological polar surface area (TPSA) is 125 Å². The van der Waals surface area contributed by atoms with Crippen LogP contribution < -0.4 is 5.32 Å². The van der Waals surface area contributed by atoms with Crippen LogP contribution in [0.5, 0.6) is 0 Å². The highest BCUT2D eigenvalue weighted by Crippen LogP contribution is 2.59. The fourth-order valence-corrected chi connectivity index (χ4v) is 7.80. The van der Waals surface area contributed by atoms with Crippen molar-refractivity contribution in [1.29, 1.82) is 0 Å². The number of rotatable bonds is 6. The van der Waals surface area contributed by atoms with Crippen molar-refractivity contribution in [2.45, 2.75) is 82.9 Å². The number of aliphatic hydroxyl groups excluding tert-OH is 1. The molecule has 2 N–H and O–H groups in total. The number of nitrogens with one attached hydrogen (secondary N) is 1. The zero-order chi connectivity index (χ0) is 31.8. The molecular weight excluding hydrogens is 630 g/mol. The van der Waals surface area contributed by atoms with E-state index in [1.165, 1.54) is 4.90 Å². The van der Waals surface area contributed by atoms with Crippen molar-refractivity contribution in [2.75, 3.05) is 19.7 Å². The molecule has 0 saturated carbocycles. The molecule has 44 heavy (non-hydrogen) atoms. The average molecular weight is 673 g/mol. The molecule has 0 radical (unpaired) electrons. The Balaban J connectivity index is 1.62. The van der Waals surface area contributed by atoms with Gasteiger partial charge in [-0.25, -0.2) is 0 Å². The molecule has 3 amide bonds. The van der Waals surface area contributed by atoms with E-state index in [1.54, 1.807) is 11.0 Å². The van der Waals surface area contributed by atoms with Gasteiger partial charge in [0.1, 0.15) is 29.8 Å². The summed E-state index contributed by atoms with van der Waals surface area (Å²) in [6, 6.07) is 7.18. The van der Waals surface area contributed by atoms with Crippen molar-refractivity contribution in [3.05, 3.63) is 58.6 Å². The molecule has 0 aliphatic carbocycles. The first kappa shape index (κ1) is 32.4. The van der Waals surface area contributed by atoms with E-state index in [0.717, 1.165) is 0 Å². The molecule has 5 rings (SSSR count). The number of benzene rings is 1. The third-order valence-corrected chi connectivity index (χ3v) is 9.73. The van der Waals surface area contributed by atoms with Gasteiger partial charge in [-0.3, -0.25) is 19.2 Å². The summed E-state index contributed by atoms with van der Waals surface area (Å²) in [5.41, 5.74) is -0.725. The van der Waals surface area contributed by atoms with Gasteiger partial charge in [0.2, 0.25) is 17.7 Å². The summed E-state index contributed by atoms with van der Waals surface area (Å²) in [6.45, 7) is 7.78. The molecule has 2 saturated heterocycles. The summed E-state index contributed by atoms with van der Waals surface area (Å²) in [5, 5.41) is 13.4. The number of allylic oxidation sites excluding steroid dienone is 1. The minimum Gasteiger partial charge on any atom is -0.455 e. The van der Waals surface area contributed by atoms with Gasteiger partial charge < -0.3 is 29.7 Å². The van der Waals surface area contributed by atoms with Crippen LogP contribution in [0.3, 0.4) is 0 Å². The Hall–Kier alpha value is -3.02. The molecular formula is C33H42BrN3O7. The first-order valence-electron chi connectivity index (χ1n) is 15.5. The van der Waals surface area contributed by atoms with Crippen LogP contribution in [0.15, 0.2) is 53.0 Å². The zero-order valence-electron chi connectivity index (χ0n) is 25.6. The Kier molecular flexibility index (Phi) is 9.67. The van der Waals surface area contributed by atoms with Crippen molar-refractivity contribution in [3.63, 3.8) is 0 Å². The number of carbonyl (C=O) groups is 4. The van der Waals surface area contributed by atoms with Crippen molar-refractivity contribution >= 4 is 39.6 Å². The van der Waals surface area contributed by atoms with Gasteiger partial charge >= 0.3 is 5.97 Å². The first-order valence-corrected chi connectivity index (χ1v) is 16.3. The second-order valence-corrected chi connectivity index (χ2v) is 13.7. The Bertz CT molecular complexity index is 1330. The largest absolute Gasteiger partial charge is 0.455 e. The molecule has 1 aromatic rings. The van der Waals surface area contributed by atoms with Crippen molar-refractivity contribution < 1.29 is 33.8 Å². The van der Waals surface area contributed by atoms with Gasteiger partial charge in [0.25, 0.3) is 0 Å². The van der Waals surface area contributed by atoms with Crippen LogP contribution in [0, 0.1) is 17.8 Å². The second-order valence-electron chi connectivity index (χ2n) is 12.8. The minimum atomic E-state index is -1.42. The molecule has 4 aliphatic heterocycles. The molecule has 238 valence electrons. The lowest BCUT2D eigenvalue weighted by molar-refractivity contribution is -0.160. The van der Waals surface area contributed by atoms with Crippen molar-refractivity contribution in [1.82, 2.24) is 15.1 Å². The van der Waals surface area contributed by atoms with E-state index < -0.39 is 53.6 Å². The molecule has 2 fully saturated rings. The van der Waals surface area contributed by atoms with Gasteiger partial charge in [-0.15, -0.1) is 0 Å². The van der Waals surface area contributed by atoms with E-state index in [4.69, 9.17) is 9.47 Å². The number of carbonyl (C=O) groups excluding carboxylic acids is 4. The number of fused-ring (bicyclic) bond motifs is 2. The van der Waals surface area contributed by atoms with E-state index in [1.807, 2.05) is 70.2 Å². The van der Waals surface area contributed by atoms with Crippen molar-refractivity contribution in [3.8, 4) is 0 Å². The number of halogens is 1. The van der Waals surface area contributed by atoms with Gasteiger partial charge in [-0.1, -0.05) is 72.3 Å². The highest BCUT2D eigenvalue weighted by atomic mass is 79.9. The normalized spacial score (nSPS) is 32.5. The zero-order valence-corrected chi connectivity index (χ0v) is 27.2. The second kappa shape index (κ2) is 13.1. The van der Waals surface area contributed by atoms with Crippen LogP contribution in [0.1, 0.15) is 58.6 Å². The van der Waals surface area contributed by atoms with Crippen LogP contribution in [0.2, 0.25) is 0 Å². The minimum absolute atomic E-state index is 0.0622. The molecule has 5 bridgehead atoms. The van der Waals surface area contributed by atoms with Crippen LogP contribution in [-0.2, 0) is 28.7 Å². The lowest BCUT2D eigenvalue weighted by Gasteiger charge is -2.40. The summed E-state index contributed by atoms with van der Waals surface area (Å²) >= 11 is 3.58. The van der Waals surface area contributed by atoms with Gasteiger partial charge in [0.05, 0.1) is 25.1 Å². The number of cyclic esters (lactones) is 1. The Morgan fingerprint density at radius 1 is 1.07 bits per heavy atom. The number of likely N-dealkylation sites (tertiary alicyclic amines) is 1. The number of hydrogen-bond donors (Lipinski definition) is 2. The maximum Gasteiger partial charge on any atom is 0.313 e. The van der Waals surface area contributed by atoms with Gasteiger partial charge in [-0.2, -0.15) is 0 Å².